The Balaban J connectivity index is 0.00000210. The second-order valence-electron chi connectivity index (χ2n) is 6.85. The molecule has 1 saturated heterocycles. The zero-order valence-corrected chi connectivity index (χ0v) is 16.1. The third kappa shape index (κ3) is 3.68. The van der Waals surface area contributed by atoms with E-state index < -0.39 is 0 Å². The Labute approximate surface area is 165 Å². The van der Waals surface area contributed by atoms with Gasteiger partial charge in [0, 0.05) is 37.9 Å². The van der Waals surface area contributed by atoms with Crippen LogP contribution in [0.3, 0.4) is 0 Å². The summed E-state index contributed by atoms with van der Waals surface area (Å²) in [7, 11) is 2.07. The van der Waals surface area contributed by atoms with E-state index in [4.69, 9.17) is 0 Å². The van der Waals surface area contributed by atoms with E-state index in [9.17, 15) is 9.59 Å². The van der Waals surface area contributed by atoms with Crippen LogP contribution in [0.1, 0.15) is 28.4 Å². The summed E-state index contributed by atoms with van der Waals surface area (Å²) >= 11 is 0. The second kappa shape index (κ2) is 8.06. The third-order valence-corrected chi connectivity index (χ3v) is 5.20. The van der Waals surface area contributed by atoms with Gasteiger partial charge < -0.3 is 9.80 Å². The van der Waals surface area contributed by atoms with Gasteiger partial charge >= 0.3 is 0 Å². The van der Waals surface area contributed by atoms with E-state index in [0.717, 1.165) is 31.7 Å². The van der Waals surface area contributed by atoms with Gasteiger partial charge in [0.15, 0.2) is 0 Å². The quantitative estimate of drug-likeness (QED) is 0.812. The normalized spacial score (nSPS) is 19.6. The van der Waals surface area contributed by atoms with Gasteiger partial charge in [0.05, 0.1) is 12.5 Å². The SMILES string of the molecule is CN1CCN(C(=O)CC2c3ccccc3C(=O)N2c2ccccn2)CC1.Cl. The van der Waals surface area contributed by atoms with Crippen LogP contribution >= 0.6 is 12.4 Å². The topological polar surface area (TPSA) is 56.8 Å². The van der Waals surface area contributed by atoms with E-state index in [2.05, 4.69) is 16.9 Å². The molecule has 4 rings (SSSR count). The van der Waals surface area contributed by atoms with Crippen LogP contribution in [-0.4, -0.2) is 59.8 Å². The van der Waals surface area contributed by atoms with Gasteiger partial charge in [-0.15, -0.1) is 12.4 Å². The molecule has 3 heterocycles. The molecule has 0 aliphatic carbocycles. The number of piperazine rings is 1. The first-order valence-electron chi connectivity index (χ1n) is 8.95. The summed E-state index contributed by atoms with van der Waals surface area (Å²) < 4.78 is 0. The molecule has 7 heteroatoms. The molecule has 27 heavy (non-hydrogen) atoms. The van der Waals surface area contributed by atoms with Crippen molar-refractivity contribution in [3.63, 3.8) is 0 Å². The molecular formula is C20H23ClN4O2. The molecule has 1 aromatic carbocycles. The Morgan fingerprint density at radius 2 is 1.78 bits per heavy atom. The van der Waals surface area contributed by atoms with E-state index >= 15 is 0 Å². The molecule has 6 nitrogen and oxygen atoms in total. The molecule has 0 spiro atoms. The fraction of sp³-hybridized carbons (Fsp3) is 0.350. The first-order chi connectivity index (χ1) is 12.6. The second-order valence-corrected chi connectivity index (χ2v) is 6.85. The van der Waals surface area contributed by atoms with Crippen molar-refractivity contribution in [1.29, 1.82) is 0 Å². The van der Waals surface area contributed by atoms with Gasteiger partial charge in [-0.2, -0.15) is 0 Å². The molecule has 0 bridgehead atoms. The van der Waals surface area contributed by atoms with E-state index in [1.54, 1.807) is 11.1 Å². The van der Waals surface area contributed by atoms with Crippen molar-refractivity contribution in [1.82, 2.24) is 14.8 Å². The van der Waals surface area contributed by atoms with E-state index in [0.29, 0.717) is 11.4 Å². The summed E-state index contributed by atoms with van der Waals surface area (Å²) in [5.41, 5.74) is 1.57. The van der Waals surface area contributed by atoms with E-state index in [1.165, 1.54) is 0 Å². The van der Waals surface area contributed by atoms with Crippen LogP contribution in [0, 0.1) is 0 Å². The smallest absolute Gasteiger partial charge is 0.260 e. The molecule has 2 aliphatic heterocycles. The molecule has 2 amide bonds. The molecule has 1 atom stereocenters. The summed E-state index contributed by atoms with van der Waals surface area (Å²) in [6.07, 6.45) is 1.95. The number of carbonyl (C=O) groups is 2. The van der Waals surface area contributed by atoms with Crippen molar-refractivity contribution in [3.8, 4) is 0 Å². The fourth-order valence-corrected chi connectivity index (χ4v) is 3.70. The lowest BCUT2D eigenvalue weighted by Crippen LogP contribution is -2.47. The van der Waals surface area contributed by atoms with Crippen LogP contribution in [0.2, 0.25) is 0 Å². The number of hydrogen-bond donors (Lipinski definition) is 0. The highest BCUT2D eigenvalue weighted by atomic mass is 35.5. The van der Waals surface area contributed by atoms with Crippen molar-refractivity contribution in [2.24, 2.45) is 0 Å². The Morgan fingerprint density at radius 3 is 2.48 bits per heavy atom. The molecule has 0 N–H and O–H groups in total. The maximum absolute atomic E-state index is 13.0. The summed E-state index contributed by atoms with van der Waals surface area (Å²) in [5.74, 6) is 0.592. The summed E-state index contributed by atoms with van der Waals surface area (Å²) in [5, 5.41) is 0. The molecule has 1 aromatic heterocycles. The van der Waals surface area contributed by atoms with Crippen molar-refractivity contribution in [2.75, 3.05) is 38.1 Å². The van der Waals surface area contributed by atoms with E-state index in [1.807, 2.05) is 47.4 Å². The minimum Gasteiger partial charge on any atom is -0.340 e. The number of rotatable bonds is 3. The van der Waals surface area contributed by atoms with Crippen LogP contribution in [0.5, 0.6) is 0 Å². The Morgan fingerprint density at radius 1 is 1.07 bits per heavy atom. The first kappa shape index (κ1) is 19.3. The number of aromatic nitrogens is 1. The lowest BCUT2D eigenvalue weighted by molar-refractivity contribution is -0.133. The number of carbonyl (C=O) groups excluding carboxylic acids is 2. The van der Waals surface area contributed by atoms with Crippen LogP contribution in [0.25, 0.3) is 0 Å². The highest BCUT2D eigenvalue weighted by Gasteiger charge is 2.40. The summed E-state index contributed by atoms with van der Waals surface area (Å²) in [6.45, 7) is 3.24. The maximum atomic E-state index is 13.0. The average Bonchev–Trinajstić information content (AvgIpc) is 2.95. The van der Waals surface area contributed by atoms with Gasteiger partial charge in [0.1, 0.15) is 5.82 Å². The highest BCUT2D eigenvalue weighted by molar-refractivity contribution is 6.11. The number of halogens is 1. The van der Waals surface area contributed by atoms with Crippen LogP contribution in [0.4, 0.5) is 5.82 Å². The molecule has 142 valence electrons. The van der Waals surface area contributed by atoms with Crippen molar-refractivity contribution < 1.29 is 9.59 Å². The number of nitrogens with zero attached hydrogens (tertiary/aromatic N) is 4. The van der Waals surface area contributed by atoms with Crippen molar-refractivity contribution >= 4 is 30.0 Å². The highest BCUT2D eigenvalue weighted by Crippen LogP contribution is 2.38. The van der Waals surface area contributed by atoms with Crippen LogP contribution < -0.4 is 4.90 Å². The predicted octanol–water partition coefficient (Wildman–Crippen LogP) is 2.37. The van der Waals surface area contributed by atoms with Crippen LogP contribution in [0.15, 0.2) is 48.7 Å². The summed E-state index contributed by atoms with van der Waals surface area (Å²) in [6, 6.07) is 12.7. The van der Waals surface area contributed by atoms with Crippen molar-refractivity contribution in [3.05, 3.63) is 59.8 Å². The lowest BCUT2D eigenvalue weighted by atomic mass is 10.0. The minimum absolute atomic E-state index is 0. The number of anilines is 1. The van der Waals surface area contributed by atoms with E-state index in [-0.39, 0.29) is 36.7 Å². The number of fused-ring (bicyclic) bond motifs is 1. The van der Waals surface area contributed by atoms with Gasteiger partial charge in [0.2, 0.25) is 5.91 Å². The minimum atomic E-state index is -0.305. The number of amides is 2. The van der Waals surface area contributed by atoms with Gasteiger partial charge in [-0.05, 0) is 30.8 Å². The first-order valence-corrected chi connectivity index (χ1v) is 8.95. The third-order valence-electron chi connectivity index (χ3n) is 5.20. The fourth-order valence-electron chi connectivity index (χ4n) is 3.70. The average molecular weight is 387 g/mol. The number of pyridine rings is 1. The standard InChI is InChI=1S/C20H22N4O2.ClH/c1-22-10-12-23(13-11-22)19(25)14-17-15-6-2-3-7-16(15)20(26)24(17)18-8-4-5-9-21-18;/h2-9,17H,10-14H2,1H3;1H. The van der Waals surface area contributed by atoms with Gasteiger partial charge in [-0.3, -0.25) is 14.5 Å². The molecular weight excluding hydrogens is 364 g/mol. The van der Waals surface area contributed by atoms with Gasteiger partial charge in [-0.25, -0.2) is 4.98 Å². The Kier molecular flexibility index (Phi) is 5.77. The van der Waals surface area contributed by atoms with Crippen LogP contribution in [-0.2, 0) is 4.79 Å². The van der Waals surface area contributed by atoms with Crippen molar-refractivity contribution in [2.45, 2.75) is 12.5 Å². The number of benzene rings is 1. The summed E-state index contributed by atoms with van der Waals surface area (Å²) in [4.78, 5) is 36.0. The van der Waals surface area contributed by atoms with Gasteiger partial charge in [-0.1, -0.05) is 24.3 Å². The molecule has 1 unspecified atom stereocenters. The largest absolute Gasteiger partial charge is 0.340 e. The molecule has 2 aliphatic rings. The molecule has 0 radical (unpaired) electrons. The molecule has 2 aromatic rings. The molecule has 0 saturated carbocycles. The number of likely N-dealkylation sites (N-methyl/N-ethyl adjacent to an activating group) is 1. The Bertz CT molecular complexity index is 822. The molecule has 1 fully saturated rings. The monoisotopic (exact) mass is 386 g/mol. The zero-order chi connectivity index (χ0) is 18.1. The predicted molar refractivity (Wildman–Crippen MR) is 106 cm³/mol. The lowest BCUT2D eigenvalue weighted by Gasteiger charge is -2.34. The van der Waals surface area contributed by atoms with Gasteiger partial charge in [0.25, 0.3) is 5.91 Å². The maximum Gasteiger partial charge on any atom is 0.260 e. The zero-order valence-electron chi connectivity index (χ0n) is 15.2. The Hall–Kier alpha value is -2.44. The number of hydrogen-bond acceptors (Lipinski definition) is 4.